The van der Waals surface area contributed by atoms with Crippen LogP contribution in [0.3, 0.4) is 0 Å². The highest BCUT2D eigenvalue weighted by Crippen LogP contribution is 2.14. The second-order valence-electron chi connectivity index (χ2n) is 3.75. The van der Waals surface area contributed by atoms with E-state index in [4.69, 9.17) is 15.2 Å². The highest BCUT2D eigenvalue weighted by molar-refractivity contribution is 5.42. The van der Waals surface area contributed by atoms with Crippen molar-refractivity contribution in [3.8, 4) is 5.88 Å². The molecule has 6 heteroatoms. The van der Waals surface area contributed by atoms with Gasteiger partial charge in [0, 0.05) is 12.6 Å². The molecule has 0 saturated heterocycles. The first-order valence-electron chi connectivity index (χ1n) is 5.74. The van der Waals surface area contributed by atoms with Crippen molar-refractivity contribution in [3.05, 3.63) is 6.07 Å². The Morgan fingerprint density at radius 2 is 2.12 bits per heavy atom. The summed E-state index contributed by atoms with van der Waals surface area (Å²) in [4.78, 5) is 8.01. The molecule has 0 amide bonds. The lowest BCUT2D eigenvalue weighted by atomic mass is 10.5. The van der Waals surface area contributed by atoms with Crippen LogP contribution in [0.1, 0.15) is 20.8 Å². The minimum absolute atomic E-state index is 0.197. The van der Waals surface area contributed by atoms with Crippen LogP contribution in [0.15, 0.2) is 6.07 Å². The van der Waals surface area contributed by atoms with Gasteiger partial charge in [-0.1, -0.05) is 0 Å². The summed E-state index contributed by atoms with van der Waals surface area (Å²) < 4.78 is 10.8. The molecule has 0 bridgehead atoms. The van der Waals surface area contributed by atoms with Gasteiger partial charge in [-0.3, -0.25) is 0 Å². The predicted molar refractivity (Wildman–Crippen MR) is 67.2 cm³/mol. The van der Waals surface area contributed by atoms with E-state index >= 15 is 0 Å². The fourth-order valence-corrected chi connectivity index (χ4v) is 1.22. The van der Waals surface area contributed by atoms with Crippen molar-refractivity contribution >= 4 is 11.8 Å². The molecule has 17 heavy (non-hydrogen) atoms. The number of nitrogens with two attached hydrogens (primary N) is 1. The zero-order valence-electron chi connectivity index (χ0n) is 10.6. The van der Waals surface area contributed by atoms with Crippen molar-refractivity contribution in [3.63, 3.8) is 0 Å². The lowest BCUT2D eigenvalue weighted by Gasteiger charge is -2.10. The van der Waals surface area contributed by atoms with Gasteiger partial charge in [0.2, 0.25) is 11.8 Å². The molecule has 1 aromatic rings. The van der Waals surface area contributed by atoms with Gasteiger partial charge in [0.1, 0.15) is 12.4 Å². The Kier molecular flexibility index (Phi) is 5.48. The number of ether oxygens (including phenoxy) is 2. The molecule has 96 valence electrons. The number of nitrogen functional groups attached to an aromatic ring is 1. The van der Waals surface area contributed by atoms with E-state index in [-0.39, 0.29) is 12.1 Å². The smallest absolute Gasteiger partial charge is 0.225 e. The fourth-order valence-electron chi connectivity index (χ4n) is 1.22. The van der Waals surface area contributed by atoms with E-state index in [0.717, 1.165) is 6.54 Å². The number of hydrogen-bond donors (Lipinski definition) is 2. The Morgan fingerprint density at radius 1 is 1.35 bits per heavy atom. The van der Waals surface area contributed by atoms with Crippen molar-refractivity contribution in [1.29, 1.82) is 0 Å². The molecular weight excluding hydrogens is 220 g/mol. The van der Waals surface area contributed by atoms with Gasteiger partial charge in [-0.05, 0) is 20.8 Å². The molecule has 6 nitrogen and oxygen atoms in total. The van der Waals surface area contributed by atoms with Crippen LogP contribution in [0.25, 0.3) is 0 Å². The first-order chi connectivity index (χ1) is 8.11. The first-order valence-corrected chi connectivity index (χ1v) is 5.74. The summed E-state index contributed by atoms with van der Waals surface area (Å²) in [6, 6.07) is 1.72. The second kappa shape index (κ2) is 6.90. The molecule has 0 aliphatic heterocycles. The quantitative estimate of drug-likeness (QED) is 0.699. The summed E-state index contributed by atoms with van der Waals surface area (Å²) in [5.41, 5.74) is 5.57. The summed E-state index contributed by atoms with van der Waals surface area (Å²) in [6.45, 7) is 7.68. The standard InChI is InChI=1S/C11H20N4O2/c1-4-13-9-7-10(15-11(12)14-9)17-6-5-16-8(2)3/h7-8H,4-6H2,1-3H3,(H3,12,13,14,15). The molecule has 0 radical (unpaired) electrons. The number of anilines is 2. The molecule has 0 unspecified atom stereocenters. The first kappa shape index (κ1) is 13.5. The number of hydrogen-bond acceptors (Lipinski definition) is 6. The minimum atomic E-state index is 0.197. The Hall–Kier alpha value is -1.56. The Balaban J connectivity index is 2.46. The molecule has 1 heterocycles. The molecule has 3 N–H and O–H groups in total. The van der Waals surface area contributed by atoms with Crippen LogP contribution in [0, 0.1) is 0 Å². The molecule has 0 fully saturated rings. The number of nitrogens with one attached hydrogen (secondary N) is 1. The summed E-state index contributed by atoms with van der Waals surface area (Å²) in [7, 11) is 0. The maximum Gasteiger partial charge on any atom is 0.225 e. The van der Waals surface area contributed by atoms with Gasteiger partial charge >= 0.3 is 0 Å². The molecule has 1 aromatic heterocycles. The van der Waals surface area contributed by atoms with Gasteiger partial charge in [0.15, 0.2) is 0 Å². The van der Waals surface area contributed by atoms with E-state index < -0.39 is 0 Å². The lowest BCUT2D eigenvalue weighted by Crippen LogP contribution is -2.12. The van der Waals surface area contributed by atoms with Crippen molar-refractivity contribution in [2.75, 3.05) is 30.8 Å². The van der Waals surface area contributed by atoms with Gasteiger partial charge in [-0.15, -0.1) is 0 Å². The minimum Gasteiger partial charge on any atom is -0.475 e. The fraction of sp³-hybridized carbons (Fsp3) is 0.636. The Morgan fingerprint density at radius 3 is 2.76 bits per heavy atom. The number of aromatic nitrogens is 2. The molecule has 1 rings (SSSR count). The molecule has 0 atom stereocenters. The van der Waals surface area contributed by atoms with Crippen LogP contribution >= 0.6 is 0 Å². The van der Waals surface area contributed by atoms with E-state index in [1.54, 1.807) is 6.07 Å². The topological polar surface area (TPSA) is 82.3 Å². The second-order valence-corrected chi connectivity index (χ2v) is 3.75. The van der Waals surface area contributed by atoms with E-state index in [0.29, 0.717) is 24.9 Å². The van der Waals surface area contributed by atoms with Gasteiger partial charge < -0.3 is 20.5 Å². The van der Waals surface area contributed by atoms with Crippen LogP contribution in [0.2, 0.25) is 0 Å². The monoisotopic (exact) mass is 240 g/mol. The lowest BCUT2D eigenvalue weighted by molar-refractivity contribution is 0.0543. The number of rotatable bonds is 7. The van der Waals surface area contributed by atoms with Crippen LogP contribution in [-0.4, -0.2) is 35.8 Å². The number of nitrogens with zero attached hydrogens (tertiary/aromatic N) is 2. The highest BCUT2D eigenvalue weighted by atomic mass is 16.5. The Bertz CT molecular complexity index is 344. The molecule has 0 aromatic carbocycles. The molecule has 0 saturated carbocycles. The normalized spacial score (nSPS) is 10.6. The SMILES string of the molecule is CCNc1cc(OCCOC(C)C)nc(N)n1. The Labute approximate surface area is 102 Å². The van der Waals surface area contributed by atoms with Crippen molar-refractivity contribution < 1.29 is 9.47 Å². The highest BCUT2D eigenvalue weighted by Gasteiger charge is 2.03. The van der Waals surface area contributed by atoms with Crippen LogP contribution in [0.4, 0.5) is 11.8 Å². The van der Waals surface area contributed by atoms with E-state index in [9.17, 15) is 0 Å². The zero-order chi connectivity index (χ0) is 12.7. The third-order valence-electron chi connectivity index (χ3n) is 1.86. The largest absolute Gasteiger partial charge is 0.475 e. The average Bonchev–Trinajstić information content (AvgIpc) is 2.24. The summed E-state index contributed by atoms with van der Waals surface area (Å²) in [5, 5.41) is 3.06. The van der Waals surface area contributed by atoms with Gasteiger partial charge in [0.25, 0.3) is 0 Å². The average molecular weight is 240 g/mol. The van der Waals surface area contributed by atoms with Crippen molar-refractivity contribution in [2.24, 2.45) is 0 Å². The maximum absolute atomic E-state index is 5.57. The van der Waals surface area contributed by atoms with Gasteiger partial charge in [0.05, 0.1) is 12.7 Å². The molecule has 0 spiro atoms. The van der Waals surface area contributed by atoms with E-state index in [1.807, 2.05) is 20.8 Å². The molecule has 0 aliphatic rings. The summed E-state index contributed by atoms with van der Waals surface area (Å²) in [6.07, 6.45) is 0.200. The van der Waals surface area contributed by atoms with Crippen LogP contribution in [-0.2, 0) is 4.74 Å². The van der Waals surface area contributed by atoms with Gasteiger partial charge in [-0.2, -0.15) is 9.97 Å². The van der Waals surface area contributed by atoms with Crippen LogP contribution in [0.5, 0.6) is 5.88 Å². The van der Waals surface area contributed by atoms with Gasteiger partial charge in [-0.25, -0.2) is 0 Å². The van der Waals surface area contributed by atoms with Crippen LogP contribution < -0.4 is 15.8 Å². The molecule has 0 aliphatic carbocycles. The zero-order valence-corrected chi connectivity index (χ0v) is 10.6. The van der Waals surface area contributed by atoms with E-state index in [2.05, 4.69) is 15.3 Å². The third kappa shape index (κ3) is 5.35. The summed E-state index contributed by atoms with van der Waals surface area (Å²) in [5.74, 6) is 1.32. The van der Waals surface area contributed by atoms with Crippen molar-refractivity contribution in [2.45, 2.75) is 26.9 Å². The molecular formula is C11H20N4O2. The predicted octanol–water partition coefficient (Wildman–Crippen LogP) is 1.29. The van der Waals surface area contributed by atoms with E-state index in [1.165, 1.54) is 0 Å². The third-order valence-corrected chi connectivity index (χ3v) is 1.86. The van der Waals surface area contributed by atoms with Crippen molar-refractivity contribution in [1.82, 2.24) is 9.97 Å². The maximum atomic E-state index is 5.57. The summed E-state index contributed by atoms with van der Waals surface area (Å²) >= 11 is 0.